The molecule has 1 aliphatic rings. The summed E-state index contributed by atoms with van der Waals surface area (Å²) in [6, 6.07) is 4.11. The molecule has 1 saturated heterocycles. The van der Waals surface area contributed by atoms with Crippen LogP contribution in [0.3, 0.4) is 0 Å². The van der Waals surface area contributed by atoms with Gasteiger partial charge in [0.1, 0.15) is 10.8 Å². The normalized spacial score (nSPS) is 16.2. The highest BCUT2D eigenvalue weighted by Crippen LogP contribution is 2.18. The number of hydrogen-bond acceptors (Lipinski definition) is 4. The fraction of sp³-hybridized carbons (Fsp3) is 0.462. The van der Waals surface area contributed by atoms with Crippen molar-refractivity contribution in [2.24, 2.45) is 5.73 Å². The second-order valence-electron chi connectivity index (χ2n) is 4.73. The van der Waals surface area contributed by atoms with Gasteiger partial charge in [0.15, 0.2) is 0 Å². The summed E-state index contributed by atoms with van der Waals surface area (Å²) in [6.45, 7) is 3.34. The second-order valence-corrected chi connectivity index (χ2v) is 5.17. The van der Waals surface area contributed by atoms with Gasteiger partial charge in [-0.15, -0.1) is 0 Å². The third-order valence-corrected chi connectivity index (χ3v) is 3.49. The van der Waals surface area contributed by atoms with Gasteiger partial charge >= 0.3 is 0 Å². The smallest absolute Gasteiger partial charge is 0.217 e. The maximum atomic E-state index is 11.0. The standard InChI is InChI=1S/C13H18N4OS/c1-9(18)16-11-4-6-17(7-5-11)12-3-2-10(8-15-12)13(14)19/h2-3,8,11H,4-7H2,1H3,(H2,14,19)(H,16,18). The van der Waals surface area contributed by atoms with Crippen molar-refractivity contribution in [2.45, 2.75) is 25.8 Å². The summed E-state index contributed by atoms with van der Waals surface area (Å²) in [5.41, 5.74) is 6.33. The monoisotopic (exact) mass is 278 g/mol. The molecule has 0 radical (unpaired) electrons. The zero-order valence-electron chi connectivity index (χ0n) is 10.9. The molecule has 1 aromatic heterocycles. The summed E-state index contributed by atoms with van der Waals surface area (Å²) in [7, 11) is 0. The molecule has 1 aliphatic heterocycles. The van der Waals surface area contributed by atoms with Crippen LogP contribution in [0.25, 0.3) is 0 Å². The topological polar surface area (TPSA) is 71.2 Å². The summed E-state index contributed by atoms with van der Waals surface area (Å²) in [5.74, 6) is 0.971. The summed E-state index contributed by atoms with van der Waals surface area (Å²) in [4.78, 5) is 18.0. The van der Waals surface area contributed by atoms with E-state index in [2.05, 4.69) is 15.2 Å². The molecule has 2 heterocycles. The van der Waals surface area contributed by atoms with Crippen molar-refractivity contribution in [3.8, 4) is 0 Å². The molecule has 3 N–H and O–H groups in total. The van der Waals surface area contributed by atoms with Gasteiger partial charge < -0.3 is 16.0 Å². The van der Waals surface area contributed by atoms with Crippen LogP contribution in [0.5, 0.6) is 0 Å². The van der Waals surface area contributed by atoms with E-state index in [1.54, 1.807) is 13.1 Å². The molecule has 1 fully saturated rings. The highest BCUT2D eigenvalue weighted by atomic mass is 32.1. The van der Waals surface area contributed by atoms with E-state index in [1.165, 1.54) is 0 Å². The molecule has 1 amide bonds. The molecule has 0 bridgehead atoms. The lowest BCUT2D eigenvalue weighted by Gasteiger charge is -2.33. The van der Waals surface area contributed by atoms with Crippen LogP contribution in [0.4, 0.5) is 5.82 Å². The number of nitrogens with zero attached hydrogens (tertiary/aromatic N) is 2. The van der Waals surface area contributed by atoms with E-state index in [0.717, 1.165) is 37.3 Å². The lowest BCUT2D eigenvalue weighted by atomic mass is 10.1. The first-order valence-electron chi connectivity index (χ1n) is 6.34. The Labute approximate surface area is 118 Å². The average Bonchev–Trinajstić information content (AvgIpc) is 2.39. The molecule has 5 nitrogen and oxygen atoms in total. The highest BCUT2D eigenvalue weighted by molar-refractivity contribution is 7.80. The van der Waals surface area contributed by atoms with Gasteiger partial charge in [0.05, 0.1) is 0 Å². The number of rotatable bonds is 3. The predicted molar refractivity (Wildman–Crippen MR) is 79.2 cm³/mol. The van der Waals surface area contributed by atoms with Crippen LogP contribution in [0.15, 0.2) is 18.3 Å². The number of nitrogens with one attached hydrogen (secondary N) is 1. The number of amides is 1. The molecular weight excluding hydrogens is 260 g/mol. The molecule has 0 saturated carbocycles. The fourth-order valence-corrected chi connectivity index (χ4v) is 2.38. The Hall–Kier alpha value is -1.69. The third kappa shape index (κ3) is 3.64. The number of carbonyl (C=O) groups excluding carboxylic acids is 1. The number of carbonyl (C=O) groups is 1. The summed E-state index contributed by atoms with van der Waals surface area (Å²) in [5, 5.41) is 2.96. The van der Waals surface area contributed by atoms with E-state index < -0.39 is 0 Å². The quantitative estimate of drug-likeness (QED) is 0.801. The first-order valence-corrected chi connectivity index (χ1v) is 6.75. The van der Waals surface area contributed by atoms with Crippen LogP contribution in [0, 0.1) is 0 Å². The van der Waals surface area contributed by atoms with Crippen LogP contribution in [-0.4, -0.2) is 35.0 Å². The molecule has 19 heavy (non-hydrogen) atoms. The maximum absolute atomic E-state index is 11.0. The average molecular weight is 278 g/mol. The number of pyridine rings is 1. The van der Waals surface area contributed by atoms with Crippen LogP contribution < -0.4 is 16.0 Å². The van der Waals surface area contributed by atoms with Crippen molar-refractivity contribution in [2.75, 3.05) is 18.0 Å². The minimum Gasteiger partial charge on any atom is -0.389 e. The van der Waals surface area contributed by atoms with Crippen LogP contribution in [-0.2, 0) is 4.79 Å². The zero-order chi connectivity index (χ0) is 13.8. The summed E-state index contributed by atoms with van der Waals surface area (Å²) in [6.07, 6.45) is 3.59. The second kappa shape index (κ2) is 5.97. The Morgan fingerprint density at radius 1 is 1.47 bits per heavy atom. The number of aromatic nitrogens is 1. The van der Waals surface area contributed by atoms with Gasteiger partial charge in [-0.25, -0.2) is 4.98 Å². The van der Waals surface area contributed by atoms with Crippen LogP contribution in [0.1, 0.15) is 25.3 Å². The van der Waals surface area contributed by atoms with E-state index in [1.807, 2.05) is 12.1 Å². The molecule has 6 heteroatoms. The van der Waals surface area contributed by atoms with E-state index in [-0.39, 0.29) is 11.9 Å². The van der Waals surface area contributed by atoms with Crippen molar-refractivity contribution in [1.82, 2.24) is 10.3 Å². The van der Waals surface area contributed by atoms with E-state index in [4.69, 9.17) is 18.0 Å². The van der Waals surface area contributed by atoms with E-state index in [9.17, 15) is 4.79 Å². The Kier molecular flexibility index (Phi) is 4.31. The van der Waals surface area contributed by atoms with Crippen molar-refractivity contribution in [3.05, 3.63) is 23.9 Å². The molecular formula is C13H18N4OS. The van der Waals surface area contributed by atoms with Gasteiger partial charge in [-0.3, -0.25) is 4.79 Å². The molecule has 0 spiro atoms. The van der Waals surface area contributed by atoms with Gasteiger partial charge in [0.2, 0.25) is 5.91 Å². The van der Waals surface area contributed by atoms with E-state index in [0.29, 0.717) is 4.99 Å². The Balaban J connectivity index is 1.94. The number of piperidine rings is 1. The first-order chi connectivity index (χ1) is 9.06. The Morgan fingerprint density at radius 3 is 2.63 bits per heavy atom. The summed E-state index contributed by atoms with van der Waals surface area (Å²) >= 11 is 4.90. The number of thiocarbonyl (C=S) groups is 1. The van der Waals surface area contributed by atoms with Crippen LogP contribution in [0.2, 0.25) is 0 Å². The molecule has 0 atom stereocenters. The molecule has 2 rings (SSSR count). The third-order valence-electron chi connectivity index (χ3n) is 3.26. The minimum absolute atomic E-state index is 0.0392. The Morgan fingerprint density at radius 2 is 2.16 bits per heavy atom. The van der Waals surface area contributed by atoms with Crippen molar-refractivity contribution in [3.63, 3.8) is 0 Å². The SMILES string of the molecule is CC(=O)NC1CCN(c2ccc(C(N)=S)cn2)CC1. The molecule has 0 aliphatic carbocycles. The number of hydrogen-bond donors (Lipinski definition) is 2. The van der Waals surface area contributed by atoms with Crippen LogP contribution >= 0.6 is 12.2 Å². The van der Waals surface area contributed by atoms with Gasteiger partial charge in [0.25, 0.3) is 0 Å². The lowest BCUT2D eigenvalue weighted by Crippen LogP contribution is -2.44. The van der Waals surface area contributed by atoms with Gasteiger partial charge in [-0.05, 0) is 25.0 Å². The molecule has 102 valence electrons. The van der Waals surface area contributed by atoms with Crippen molar-refractivity contribution >= 4 is 28.9 Å². The van der Waals surface area contributed by atoms with E-state index >= 15 is 0 Å². The number of anilines is 1. The van der Waals surface area contributed by atoms with Crippen molar-refractivity contribution < 1.29 is 4.79 Å². The Bertz CT molecular complexity index is 466. The number of nitrogens with two attached hydrogens (primary N) is 1. The minimum atomic E-state index is 0.0392. The van der Waals surface area contributed by atoms with Gasteiger partial charge in [-0.2, -0.15) is 0 Å². The largest absolute Gasteiger partial charge is 0.389 e. The first kappa shape index (κ1) is 13.7. The molecule has 1 aromatic rings. The van der Waals surface area contributed by atoms with Gasteiger partial charge in [0, 0.05) is 37.8 Å². The predicted octanol–water partition coefficient (Wildman–Crippen LogP) is 0.821. The highest BCUT2D eigenvalue weighted by Gasteiger charge is 2.20. The molecule has 0 unspecified atom stereocenters. The van der Waals surface area contributed by atoms with Crippen molar-refractivity contribution in [1.29, 1.82) is 0 Å². The molecule has 0 aromatic carbocycles. The lowest BCUT2D eigenvalue weighted by molar-refractivity contribution is -0.119. The fourth-order valence-electron chi connectivity index (χ4n) is 2.26. The maximum Gasteiger partial charge on any atom is 0.217 e. The zero-order valence-corrected chi connectivity index (χ0v) is 11.7. The summed E-state index contributed by atoms with van der Waals surface area (Å²) < 4.78 is 0. The van der Waals surface area contributed by atoms with Gasteiger partial charge in [-0.1, -0.05) is 12.2 Å².